The van der Waals surface area contributed by atoms with Crippen LogP contribution in [0.1, 0.15) is 50.8 Å². The number of nitrogens with one attached hydrogen (secondary N) is 1. The highest BCUT2D eigenvalue weighted by atomic mass is 19.1. The molecule has 0 saturated carbocycles. The molecule has 1 N–H and O–H groups in total. The summed E-state index contributed by atoms with van der Waals surface area (Å²) in [5, 5.41) is 3.18. The van der Waals surface area contributed by atoms with Gasteiger partial charge in [0, 0.05) is 24.9 Å². The van der Waals surface area contributed by atoms with Crippen LogP contribution in [0.3, 0.4) is 0 Å². The Kier molecular flexibility index (Phi) is 6.57. The third kappa shape index (κ3) is 4.65. The normalized spacial score (nSPS) is 20.3. The molecular formula is C23H30FNO3. The van der Waals surface area contributed by atoms with E-state index in [1.54, 1.807) is 12.1 Å². The maximum absolute atomic E-state index is 13.2. The number of benzene rings is 2. The molecule has 5 heteroatoms. The molecule has 2 aromatic carbocycles. The fourth-order valence-corrected chi connectivity index (χ4v) is 3.47. The molecule has 28 heavy (non-hydrogen) atoms. The van der Waals surface area contributed by atoms with E-state index in [1.165, 1.54) is 12.1 Å². The molecule has 1 aliphatic heterocycles. The predicted molar refractivity (Wildman–Crippen MR) is 109 cm³/mol. The average Bonchev–Trinajstić information content (AvgIpc) is 2.68. The Bertz CT molecular complexity index is 776. The summed E-state index contributed by atoms with van der Waals surface area (Å²) in [6, 6.07) is 12.4. The zero-order valence-electron chi connectivity index (χ0n) is 17.1. The number of rotatable bonds is 8. The number of ether oxygens (including phenoxy) is 3. The second kappa shape index (κ2) is 8.93. The molecule has 0 spiro atoms. The molecule has 2 unspecified atom stereocenters. The molecule has 3 rings (SSSR count). The van der Waals surface area contributed by atoms with Gasteiger partial charge in [-0.3, -0.25) is 0 Å². The largest absolute Gasteiger partial charge is 0.485 e. The van der Waals surface area contributed by atoms with Crippen LogP contribution in [0.5, 0.6) is 5.75 Å². The first-order valence-corrected chi connectivity index (χ1v) is 9.93. The molecule has 4 nitrogen and oxygen atoms in total. The van der Waals surface area contributed by atoms with Gasteiger partial charge in [-0.15, -0.1) is 0 Å². The van der Waals surface area contributed by atoms with Crippen molar-refractivity contribution in [2.45, 2.75) is 58.0 Å². The molecule has 152 valence electrons. The SMILES string of the molecule is CCCCOC1c2cc(NC)ccc2OC(C)(C)C1OCc1ccc(F)cc1. The Morgan fingerprint density at radius 1 is 1.11 bits per heavy atom. The zero-order valence-corrected chi connectivity index (χ0v) is 17.1. The van der Waals surface area contributed by atoms with Crippen LogP contribution in [0.25, 0.3) is 0 Å². The molecule has 0 amide bonds. The summed E-state index contributed by atoms with van der Waals surface area (Å²) in [7, 11) is 1.89. The van der Waals surface area contributed by atoms with Gasteiger partial charge < -0.3 is 19.5 Å². The van der Waals surface area contributed by atoms with Crippen molar-refractivity contribution in [3.05, 3.63) is 59.4 Å². The van der Waals surface area contributed by atoms with E-state index in [2.05, 4.69) is 18.3 Å². The van der Waals surface area contributed by atoms with Gasteiger partial charge in [0.25, 0.3) is 0 Å². The maximum atomic E-state index is 13.2. The Balaban J connectivity index is 1.87. The van der Waals surface area contributed by atoms with Crippen LogP contribution in [0, 0.1) is 5.82 Å². The van der Waals surface area contributed by atoms with Crippen molar-refractivity contribution >= 4 is 5.69 Å². The predicted octanol–water partition coefficient (Wildman–Crippen LogP) is 5.48. The Labute approximate surface area is 167 Å². The molecule has 0 fully saturated rings. The molecule has 0 aliphatic carbocycles. The molecular weight excluding hydrogens is 357 g/mol. The Morgan fingerprint density at radius 3 is 2.54 bits per heavy atom. The highest BCUT2D eigenvalue weighted by Crippen LogP contribution is 2.44. The first-order chi connectivity index (χ1) is 13.4. The van der Waals surface area contributed by atoms with Crippen LogP contribution in [0.4, 0.5) is 10.1 Å². The number of fused-ring (bicyclic) bond motifs is 1. The summed E-state index contributed by atoms with van der Waals surface area (Å²) in [4.78, 5) is 0. The molecule has 0 aromatic heterocycles. The Morgan fingerprint density at radius 2 is 1.86 bits per heavy atom. The van der Waals surface area contributed by atoms with Gasteiger partial charge in [0.1, 0.15) is 29.4 Å². The number of halogens is 1. The van der Waals surface area contributed by atoms with E-state index >= 15 is 0 Å². The summed E-state index contributed by atoms with van der Waals surface area (Å²) in [6.45, 7) is 7.22. The highest BCUT2D eigenvalue weighted by molar-refractivity contribution is 5.53. The maximum Gasteiger partial charge on any atom is 0.132 e. The van der Waals surface area contributed by atoms with E-state index < -0.39 is 5.60 Å². The van der Waals surface area contributed by atoms with E-state index in [0.29, 0.717) is 13.2 Å². The molecule has 0 radical (unpaired) electrons. The minimum atomic E-state index is -0.564. The monoisotopic (exact) mass is 387 g/mol. The van der Waals surface area contributed by atoms with E-state index in [0.717, 1.165) is 35.4 Å². The third-order valence-corrected chi connectivity index (χ3v) is 5.08. The van der Waals surface area contributed by atoms with Crippen LogP contribution < -0.4 is 10.1 Å². The first-order valence-electron chi connectivity index (χ1n) is 9.93. The number of unbranched alkanes of at least 4 members (excludes halogenated alkanes) is 1. The van der Waals surface area contributed by atoms with Crippen LogP contribution in [0.15, 0.2) is 42.5 Å². The van der Waals surface area contributed by atoms with Gasteiger partial charge in [-0.2, -0.15) is 0 Å². The number of hydrogen-bond donors (Lipinski definition) is 1. The lowest BCUT2D eigenvalue weighted by molar-refractivity contribution is -0.167. The number of hydrogen-bond acceptors (Lipinski definition) is 4. The Hall–Kier alpha value is -2.11. The summed E-state index contributed by atoms with van der Waals surface area (Å²) in [5.74, 6) is 0.575. The smallest absolute Gasteiger partial charge is 0.132 e. The minimum absolute atomic E-state index is 0.237. The van der Waals surface area contributed by atoms with E-state index in [1.807, 2.05) is 33.0 Å². The van der Waals surface area contributed by atoms with Crippen molar-refractivity contribution in [3.8, 4) is 5.75 Å². The lowest BCUT2D eigenvalue weighted by atomic mass is 9.87. The minimum Gasteiger partial charge on any atom is -0.485 e. The highest BCUT2D eigenvalue weighted by Gasteiger charge is 2.45. The molecule has 2 atom stereocenters. The van der Waals surface area contributed by atoms with Crippen LogP contribution in [0.2, 0.25) is 0 Å². The van der Waals surface area contributed by atoms with Crippen molar-refractivity contribution in [1.82, 2.24) is 0 Å². The fraction of sp³-hybridized carbons (Fsp3) is 0.478. The topological polar surface area (TPSA) is 39.7 Å². The van der Waals surface area contributed by atoms with Crippen molar-refractivity contribution in [2.24, 2.45) is 0 Å². The molecule has 0 saturated heterocycles. The lowest BCUT2D eigenvalue weighted by Crippen LogP contribution is -2.51. The quantitative estimate of drug-likeness (QED) is 0.609. The van der Waals surface area contributed by atoms with E-state index in [4.69, 9.17) is 14.2 Å². The summed E-state index contributed by atoms with van der Waals surface area (Å²) in [6.07, 6.45) is 1.52. The standard InChI is InChI=1S/C23H30FNO3/c1-5-6-13-26-21-19-14-18(25-4)11-12-20(19)28-23(2,3)22(21)27-15-16-7-9-17(24)10-8-16/h7-12,14,21-22,25H,5-6,13,15H2,1-4H3. The fourth-order valence-electron chi connectivity index (χ4n) is 3.47. The van der Waals surface area contributed by atoms with Crippen molar-refractivity contribution in [1.29, 1.82) is 0 Å². The zero-order chi connectivity index (χ0) is 20.1. The summed E-state index contributed by atoms with van der Waals surface area (Å²) >= 11 is 0. The first kappa shape index (κ1) is 20.6. The third-order valence-electron chi connectivity index (χ3n) is 5.08. The molecule has 1 aliphatic rings. The van der Waals surface area contributed by atoms with Crippen molar-refractivity contribution in [3.63, 3.8) is 0 Å². The van der Waals surface area contributed by atoms with Gasteiger partial charge in [0.05, 0.1) is 6.61 Å². The molecule has 0 bridgehead atoms. The van der Waals surface area contributed by atoms with Gasteiger partial charge in [-0.25, -0.2) is 4.39 Å². The van der Waals surface area contributed by atoms with E-state index in [-0.39, 0.29) is 18.0 Å². The van der Waals surface area contributed by atoms with E-state index in [9.17, 15) is 4.39 Å². The van der Waals surface area contributed by atoms with Crippen LogP contribution in [-0.4, -0.2) is 25.4 Å². The van der Waals surface area contributed by atoms with Gasteiger partial charge in [-0.05, 0) is 56.2 Å². The van der Waals surface area contributed by atoms with Gasteiger partial charge in [0.2, 0.25) is 0 Å². The summed E-state index contributed by atoms with van der Waals surface area (Å²) < 4.78 is 32.1. The molecule has 2 aromatic rings. The summed E-state index contributed by atoms with van der Waals surface area (Å²) in [5.41, 5.74) is 2.35. The van der Waals surface area contributed by atoms with Gasteiger partial charge in [-0.1, -0.05) is 25.5 Å². The number of anilines is 1. The lowest BCUT2D eigenvalue weighted by Gasteiger charge is -2.44. The second-order valence-corrected chi connectivity index (χ2v) is 7.71. The van der Waals surface area contributed by atoms with Gasteiger partial charge >= 0.3 is 0 Å². The molecule has 1 heterocycles. The van der Waals surface area contributed by atoms with Crippen LogP contribution in [-0.2, 0) is 16.1 Å². The van der Waals surface area contributed by atoms with Crippen LogP contribution >= 0.6 is 0 Å². The average molecular weight is 387 g/mol. The van der Waals surface area contributed by atoms with Crippen molar-refractivity contribution in [2.75, 3.05) is 19.0 Å². The van der Waals surface area contributed by atoms with Crippen molar-refractivity contribution < 1.29 is 18.6 Å². The second-order valence-electron chi connectivity index (χ2n) is 7.71. The van der Waals surface area contributed by atoms with Gasteiger partial charge in [0.15, 0.2) is 0 Å².